The molecule has 0 aliphatic rings. The van der Waals surface area contributed by atoms with E-state index in [1.165, 1.54) is 86.6 Å². The summed E-state index contributed by atoms with van der Waals surface area (Å²) >= 11 is 1.89. The van der Waals surface area contributed by atoms with Gasteiger partial charge in [-0.3, -0.25) is 0 Å². The van der Waals surface area contributed by atoms with E-state index in [4.69, 9.17) is 0 Å². The lowest BCUT2D eigenvalue weighted by atomic mass is 10.0. The number of nitrogens with zero attached hydrogens (tertiary/aromatic N) is 2. The van der Waals surface area contributed by atoms with Crippen molar-refractivity contribution < 1.29 is 0 Å². The molecule has 0 aliphatic heterocycles. The van der Waals surface area contributed by atoms with Crippen LogP contribution in [0.3, 0.4) is 0 Å². The summed E-state index contributed by atoms with van der Waals surface area (Å²) in [7, 11) is 0. The second-order valence-electron chi connectivity index (χ2n) is 12.2. The van der Waals surface area contributed by atoms with E-state index in [1.54, 1.807) is 0 Å². The van der Waals surface area contributed by atoms with Gasteiger partial charge in [0.1, 0.15) is 0 Å². The predicted octanol–water partition coefficient (Wildman–Crippen LogP) is 12.4. The molecular weight excluding hydrogens is 589 g/mol. The van der Waals surface area contributed by atoms with E-state index in [0.717, 1.165) is 0 Å². The van der Waals surface area contributed by atoms with Gasteiger partial charge in [-0.1, -0.05) is 115 Å². The Hall–Kier alpha value is -5.90. The molecule has 0 unspecified atom stereocenters. The van der Waals surface area contributed by atoms with Gasteiger partial charge < -0.3 is 9.13 Å². The molecule has 10 rings (SSSR count). The van der Waals surface area contributed by atoms with E-state index < -0.39 is 0 Å². The van der Waals surface area contributed by atoms with Crippen molar-refractivity contribution in [2.45, 2.75) is 0 Å². The van der Waals surface area contributed by atoms with Crippen LogP contribution in [0.2, 0.25) is 0 Å². The first kappa shape index (κ1) is 26.3. The molecule has 3 heteroatoms. The number of hydrogen-bond acceptors (Lipinski definition) is 1. The number of hydrogen-bond donors (Lipinski definition) is 0. The van der Waals surface area contributed by atoms with Crippen LogP contribution in [0.15, 0.2) is 170 Å². The Labute approximate surface area is 276 Å². The molecule has 0 aliphatic carbocycles. The molecule has 220 valence electrons. The number of rotatable bonds is 4. The molecule has 0 amide bonds. The van der Waals surface area contributed by atoms with Crippen LogP contribution in [0.4, 0.5) is 0 Å². The fourth-order valence-electron chi connectivity index (χ4n) is 7.36. The first-order valence-corrected chi connectivity index (χ1v) is 16.8. The Kier molecular flexibility index (Phi) is 5.78. The molecule has 2 nitrogen and oxygen atoms in total. The van der Waals surface area contributed by atoms with Crippen LogP contribution >= 0.6 is 11.3 Å². The number of para-hydroxylation sites is 2. The molecule has 7 aromatic carbocycles. The first-order valence-electron chi connectivity index (χ1n) is 16.0. The van der Waals surface area contributed by atoms with Gasteiger partial charge in [0.25, 0.3) is 0 Å². The van der Waals surface area contributed by atoms with Gasteiger partial charge in [-0.05, 0) is 76.9 Å². The molecule has 3 aromatic heterocycles. The van der Waals surface area contributed by atoms with E-state index in [2.05, 4.69) is 179 Å². The van der Waals surface area contributed by atoms with Crippen molar-refractivity contribution >= 4 is 64.3 Å². The van der Waals surface area contributed by atoms with Gasteiger partial charge in [0.05, 0.1) is 26.8 Å². The molecule has 0 bridgehead atoms. The minimum Gasteiger partial charge on any atom is -0.309 e. The minimum absolute atomic E-state index is 1.17. The van der Waals surface area contributed by atoms with Crippen LogP contribution in [0.1, 0.15) is 0 Å². The number of aromatic nitrogens is 2. The van der Waals surface area contributed by atoms with Crippen LogP contribution in [0.5, 0.6) is 0 Å². The Bertz CT molecular complexity index is 2760. The Balaban J connectivity index is 1.14. The molecule has 0 atom stereocenters. The Morgan fingerprint density at radius 1 is 0.340 bits per heavy atom. The van der Waals surface area contributed by atoms with E-state index in [-0.39, 0.29) is 0 Å². The Morgan fingerprint density at radius 2 is 0.915 bits per heavy atom. The first-order chi connectivity index (χ1) is 23.3. The van der Waals surface area contributed by atoms with Crippen molar-refractivity contribution in [1.29, 1.82) is 0 Å². The topological polar surface area (TPSA) is 9.86 Å². The van der Waals surface area contributed by atoms with Crippen molar-refractivity contribution in [2.75, 3.05) is 0 Å². The van der Waals surface area contributed by atoms with Crippen molar-refractivity contribution in [3.05, 3.63) is 170 Å². The summed E-state index contributed by atoms with van der Waals surface area (Å²) in [5.74, 6) is 0. The third kappa shape index (κ3) is 4.04. The zero-order valence-electron chi connectivity index (χ0n) is 25.5. The van der Waals surface area contributed by atoms with Gasteiger partial charge in [-0.15, -0.1) is 11.3 Å². The van der Waals surface area contributed by atoms with Gasteiger partial charge in [0, 0.05) is 37.6 Å². The molecule has 0 saturated heterocycles. The van der Waals surface area contributed by atoms with E-state index in [1.807, 2.05) is 11.3 Å². The number of fused-ring (bicyclic) bond motifs is 8. The summed E-state index contributed by atoms with van der Waals surface area (Å²) < 4.78 is 7.49. The van der Waals surface area contributed by atoms with Gasteiger partial charge in [0.15, 0.2) is 0 Å². The van der Waals surface area contributed by atoms with Gasteiger partial charge in [0.2, 0.25) is 0 Å². The molecule has 0 spiro atoms. The highest BCUT2D eigenvalue weighted by Crippen LogP contribution is 2.43. The smallest absolute Gasteiger partial charge is 0.0727 e. The lowest BCUT2D eigenvalue weighted by molar-refractivity contribution is 1.18. The lowest BCUT2D eigenvalue weighted by Crippen LogP contribution is -1.94. The molecule has 3 heterocycles. The molecule has 47 heavy (non-hydrogen) atoms. The SMILES string of the molecule is c1ccc(-c2ccc3c(c2)c2sc4ccccc4c2n3-c2ccc(-c3ccc4c5ccccc5n(-c5ccccc5)c4c3)cc2)cc1. The van der Waals surface area contributed by atoms with Crippen LogP contribution in [-0.2, 0) is 0 Å². The summed E-state index contributed by atoms with van der Waals surface area (Å²) in [5.41, 5.74) is 12.2. The van der Waals surface area contributed by atoms with E-state index in [0.29, 0.717) is 0 Å². The minimum atomic E-state index is 1.17. The normalized spacial score (nSPS) is 11.8. The standard InChI is InChI=1S/C44H28N2S/c1-3-11-29(12-4-1)31-22-26-40-38(27-31)44-43(37-16-8-10-18-42(37)47-44)46(40)34-23-19-30(20-24-34)32-21-25-36-35-15-7-9-17-39(35)45(41(36)28-32)33-13-5-2-6-14-33/h1-28H. The fraction of sp³-hybridized carbons (Fsp3) is 0. The summed E-state index contributed by atoms with van der Waals surface area (Å²) in [5, 5.41) is 5.14. The summed E-state index contributed by atoms with van der Waals surface area (Å²) in [6, 6.07) is 61.8. The largest absolute Gasteiger partial charge is 0.309 e. The van der Waals surface area contributed by atoms with Crippen LogP contribution in [0, 0.1) is 0 Å². The Morgan fingerprint density at radius 3 is 1.74 bits per heavy atom. The highest BCUT2D eigenvalue weighted by atomic mass is 32.1. The third-order valence-corrected chi connectivity index (χ3v) is 10.7. The van der Waals surface area contributed by atoms with E-state index >= 15 is 0 Å². The zero-order chi connectivity index (χ0) is 30.9. The average molecular weight is 617 g/mol. The number of thiophene rings is 1. The van der Waals surface area contributed by atoms with Gasteiger partial charge in [-0.25, -0.2) is 0 Å². The second-order valence-corrected chi connectivity index (χ2v) is 13.2. The average Bonchev–Trinajstić information content (AvgIpc) is 3.79. The number of benzene rings is 7. The quantitative estimate of drug-likeness (QED) is 0.186. The molecule has 0 fully saturated rings. The van der Waals surface area contributed by atoms with Crippen LogP contribution in [-0.4, -0.2) is 9.13 Å². The fourth-order valence-corrected chi connectivity index (χ4v) is 8.57. The molecular formula is C44H28N2S. The maximum atomic E-state index is 2.46. The van der Waals surface area contributed by atoms with Crippen LogP contribution < -0.4 is 0 Å². The molecule has 0 N–H and O–H groups in total. The monoisotopic (exact) mass is 616 g/mol. The van der Waals surface area contributed by atoms with Crippen LogP contribution in [0.25, 0.3) is 86.6 Å². The lowest BCUT2D eigenvalue weighted by Gasteiger charge is -2.11. The zero-order valence-corrected chi connectivity index (χ0v) is 26.3. The van der Waals surface area contributed by atoms with Crippen molar-refractivity contribution in [2.24, 2.45) is 0 Å². The van der Waals surface area contributed by atoms with Gasteiger partial charge >= 0.3 is 0 Å². The van der Waals surface area contributed by atoms with Crippen molar-refractivity contribution in [3.63, 3.8) is 0 Å². The molecule has 0 radical (unpaired) electrons. The summed E-state index contributed by atoms with van der Waals surface area (Å²) in [6.45, 7) is 0. The summed E-state index contributed by atoms with van der Waals surface area (Å²) in [4.78, 5) is 0. The van der Waals surface area contributed by atoms with Crippen molar-refractivity contribution in [3.8, 4) is 33.6 Å². The second kappa shape index (κ2) is 10.3. The summed E-state index contributed by atoms with van der Waals surface area (Å²) in [6.07, 6.45) is 0. The van der Waals surface area contributed by atoms with Crippen molar-refractivity contribution in [1.82, 2.24) is 9.13 Å². The maximum Gasteiger partial charge on any atom is 0.0727 e. The third-order valence-electron chi connectivity index (χ3n) is 9.53. The highest BCUT2D eigenvalue weighted by molar-refractivity contribution is 7.26. The molecule has 10 aromatic rings. The van der Waals surface area contributed by atoms with E-state index in [9.17, 15) is 0 Å². The predicted molar refractivity (Wildman–Crippen MR) is 201 cm³/mol. The molecule has 0 saturated carbocycles. The maximum absolute atomic E-state index is 2.46. The van der Waals surface area contributed by atoms with Gasteiger partial charge in [-0.2, -0.15) is 0 Å². The highest BCUT2D eigenvalue weighted by Gasteiger charge is 2.19.